The second kappa shape index (κ2) is 7.70. The molecule has 0 radical (unpaired) electrons. The summed E-state index contributed by atoms with van der Waals surface area (Å²) in [4.78, 5) is 7.13. The lowest BCUT2D eigenvalue weighted by atomic mass is 10.1. The van der Waals surface area contributed by atoms with Gasteiger partial charge in [0.2, 0.25) is 0 Å². The first kappa shape index (κ1) is 17.4. The van der Waals surface area contributed by atoms with E-state index in [4.69, 9.17) is 16.6 Å². The first-order chi connectivity index (χ1) is 12.7. The van der Waals surface area contributed by atoms with E-state index in [2.05, 4.69) is 36.3 Å². The molecule has 4 rings (SSSR count). The Labute approximate surface area is 165 Å². The van der Waals surface area contributed by atoms with Crippen LogP contribution in [0.4, 0.5) is 5.82 Å². The van der Waals surface area contributed by atoms with Gasteiger partial charge < -0.3 is 10.2 Å². The fourth-order valence-corrected chi connectivity index (χ4v) is 3.32. The minimum absolute atomic E-state index is 0.607. The van der Waals surface area contributed by atoms with Crippen molar-refractivity contribution in [1.29, 1.82) is 0 Å². The minimum atomic E-state index is 0.607. The Bertz CT molecular complexity index is 893. The molecule has 7 heteroatoms. The molecule has 2 heterocycles. The number of rotatable bonds is 3. The molecule has 0 spiro atoms. The summed E-state index contributed by atoms with van der Waals surface area (Å²) < 4.78 is 1.03. The van der Waals surface area contributed by atoms with Gasteiger partial charge in [0.25, 0.3) is 0 Å². The summed E-state index contributed by atoms with van der Waals surface area (Å²) >= 11 is 9.47. The summed E-state index contributed by atoms with van der Waals surface area (Å²) in [5, 5.41) is 13.0. The van der Waals surface area contributed by atoms with Crippen LogP contribution >= 0.6 is 27.5 Å². The topological polar surface area (TPSA) is 53.9 Å². The fourth-order valence-electron chi connectivity index (χ4n) is 2.93. The highest BCUT2D eigenvalue weighted by atomic mass is 79.9. The largest absolute Gasteiger partial charge is 0.352 e. The highest BCUT2D eigenvalue weighted by Crippen LogP contribution is 2.30. The van der Waals surface area contributed by atoms with Crippen molar-refractivity contribution < 1.29 is 0 Å². The molecular weight excluding hydrogens is 414 g/mol. The van der Waals surface area contributed by atoms with Gasteiger partial charge in [-0.15, -0.1) is 10.2 Å². The van der Waals surface area contributed by atoms with Crippen molar-refractivity contribution in [2.75, 3.05) is 31.1 Å². The molecule has 5 nitrogen and oxygen atoms in total. The van der Waals surface area contributed by atoms with Gasteiger partial charge >= 0.3 is 0 Å². The van der Waals surface area contributed by atoms with Gasteiger partial charge in [-0.25, -0.2) is 4.98 Å². The van der Waals surface area contributed by atoms with Crippen molar-refractivity contribution in [3.8, 4) is 22.6 Å². The van der Waals surface area contributed by atoms with Crippen molar-refractivity contribution >= 4 is 33.3 Å². The number of nitrogens with zero attached hydrogens (tertiary/aromatic N) is 4. The van der Waals surface area contributed by atoms with Crippen LogP contribution in [-0.4, -0.2) is 41.4 Å². The molecule has 1 saturated heterocycles. The molecule has 132 valence electrons. The summed E-state index contributed by atoms with van der Waals surface area (Å²) in [6.45, 7) is 3.64. The predicted molar refractivity (Wildman–Crippen MR) is 108 cm³/mol. The zero-order chi connectivity index (χ0) is 17.9. The number of nitrogens with one attached hydrogen (secondary N) is 1. The van der Waals surface area contributed by atoms with Gasteiger partial charge in [-0.1, -0.05) is 39.7 Å². The van der Waals surface area contributed by atoms with Crippen molar-refractivity contribution in [3.63, 3.8) is 0 Å². The Balaban J connectivity index is 1.80. The van der Waals surface area contributed by atoms with E-state index in [9.17, 15) is 0 Å². The van der Waals surface area contributed by atoms with E-state index in [0.29, 0.717) is 10.8 Å². The van der Waals surface area contributed by atoms with Gasteiger partial charge in [0.1, 0.15) is 5.69 Å². The maximum Gasteiger partial charge on any atom is 0.183 e. The van der Waals surface area contributed by atoms with Crippen LogP contribution in [0, 0.1) is 0 Å². The second-order valence-corrected chi connectivity index (χ2v) is 7.41. The lowest BCUT2D eigenvalue weighted by molar-refractivity contribution is 0.584. The molecule has 0 bridgehead atoms. The van der Waals surface area contributed by atoms with Gasteiger partial charge in [0, 0.05) is 46.8 Å². The molecule has 1 N–H and O–H groups in total. The van der Waals surface area contributed by atoms with Crippen LogP contribution in [0.3, 0.4) is 0 Å². The molecule has 0 atom stereocenters. The lowest BCUT2D eigenvalue weighted by Crippen LogP contribution is -2.44. The van der Waals surface area contributed by atoms with E-state index in [1.54, 1.807) is 0 Å². The summed E-state index contributed by atoms with van der Waals surface area (Å²) in [6.07, 6.45) is 0. The normalized spacial score (nSPS) is 14.5. The average Bonchev–Trinajstić information content (AvgIpc) is 2.69. The monoisotopic (exact) mass is 429 g/mol. The Morgan fingerprint density at radius 2 is 1.54 bits per heavy atom. The molecule has 1 aliphatic heterocycles. The third kappa shape index (κ3) is 3.72. The van der Waals surface area contributed by atoms with Gasteiger partial charge in [-0.2, -0.15) is 0 Å². The van der Waals surface area contributed by atoms with Crippen LogP contribution in [-0.2, 0) is 0 Å². The Morgan fingerprint density at radius 3 is 2.23 bits per heavy atom. The van der Waals surface area contributed by atoms with E-state index in [0.717, 1.165) is 53.3 Å². The molecule has 0 unspecified atom stereocenters. The van der Waals surface area contributed by atoms with Crippen molar-refractivity contribution in [2.24, 2.45) is 0 Å². The van der Waals surface area contributed by atoms with E-state index in [1.165, 1.54) is 0 Å². The molecule has 1 fully saturated rings. The smallest absolute Gasteiger partial charge is 0.183 e. The molecule has 0 amide bonds. The SMILES string of the molecule is Clc1ccc(-c2nnc(-c3ccc(Br)cc3)c(N3CCNCC3)n2)cc1. The van der Waals surface area contributed by atoms with E-state index in [-0.39, 0.29) is 0 Å². The van der Waals surface area contributed by atoms with Crippen LogP contribution in [0.1, 0.15) is 0 Å². The Morgan fingerprint density at radius 1 is 0.885 bits per heavy atom. The third-order valence-electron chi connectivity index (χ3n) is 4.30. The van der Waals surface area contributed by atoms with Crippen LogP contribution < -0.4 is 10.2 Å². The number of hydrogen-bond donors (Lipinski definition) is 1. The van der Waals surface area contributed by atoms with Gasteiger partial charge in [0.15, 0.2) is 11.6 Å². The van der Waals surface area contributed by atoms with E-state index in [1.807, 2.05) is 48.5 Å². The molecule has 1 aromatic heterocycles. The number of halogens is 2. The summed E-state index contributed by atoms with van der Waals surface area (Å²) in [5.74, 6) is 1.48. The van der Waals surface area contributed by atoms with E-state index >= 15 is 0 Å². The summed E-state index contributed by atoms with van der Waals surface area (Å²) in [6, 6.07) is 15.6. The molecular formula is C19H17BrClN5. The number of hydrogen-bond acceptors (Lipinski definition) is 5. The maximum atomic E-state index is 5.99. The summed E-state index contributed by atoms with van der Waals surface area (Å²) in [5.41, 5.74) is 2.71. The van der Waals surface area contributed by atoms with E-state index < -0.39 is 0 Å². The number of piperazine rings is 1. The molecule has 1 aliphatic rings. The fraction of sp³-hybridized carbons (Fsp3) is 0.211. The predicted octanol–water partition coefficient (Wildman–Crippen LogP) is 4.03. The number of benzene rings is 2. The lowest BCUT2D eigenvalue weighted by Gasteiger charge is -2.29. The van der Waals surface area contributed by atoms with Gasteiger partial charge in [-0.05, 0) is 36.4 Å². The third-order valence-corrected chi connectivity index (χ3v) is 5.09. The van der Waals surface area contributed by atoms with Crippen molar-refractivity contribution in [3.05, 3.63) is 58.0 Å². The quantitative estimate of drug-likeness (QED) is 0.680. The number of aromatic nitrogens is 3. The van der Waals surface area contributed by atoms with Gasteiger partial charge in [-0.3, -0.25) is 0 Å². The summed E-state index contributed by atoms with van der Waals surface area (Å²) in [7, 11) is 0. The first-order valence-corrected chi connectivity index (χ1v) is 9.60. The number of anilines is 1. The van der Waals surface area contributed by atoms with Crippen molar-refractivity contribution in [2.45, 2.75) is 0 Å². The Kier molecular flexibility index (Phi) is 5.15. The highest BCUT2D eigenvalue weighted by molar-refractivity contribution is 9.10. The highest BCUT2D eigenvalue weighted by Gasteiger charge is 2.20. The van der Waals surface area contributed by atoms with Crippen molar-refractivity contribution in [1.82, 2.24) is 20.5 Å². The molecule has 3 aromatic rings. The second-order valence-electron chi connectivity index (χ2n) is 6.06. The molecule has 0 saturated carbocycles. The molecule has 2 aromatic carbocycles. The van der Waals surface area contributed by atoms with Crippen LogP contribution in [0.25, 0.3) is 22.6 Å². The Hall–Kier alpha value is -2.02. The van der Waals surface area contributed by atoms with Crippen LogP contribution in [0.15, 0.2) is 53.0 Å². The van der Waals surface area contributed by atoms with Crippen LogP contribution in [0.2, 0.25) is 5.02 Å². The minimum Gasteiger partial charge on any atom is -0.352 e. The van der Waals surface area contributed by atoms with Crippen LogP contribution in [0.5, 0.6) is 0 Å². The maximum absolute atomic E-state index is 5.99. The first-order valence-electron chi connectivity index (χ1n) is 8.43. The zero-order valence-electron chi connectivity index (χ0n) is 14.0. The molecule has 0 aliphatic carbocycles. The standard InChI is InChI=1S/C19H17BrClN5/c20-15-5-1-13(2-6-15)17-19(26-11-9-22-10-12-26)23-18(25-24-17)14-3-7-16(21)8-4-14/h1-8,22H,9-12H2. The molecule has 26 heavy (non-hydrogen) atoms. The van der Waals surface area contributed by atoms with Gasteiger partial charge in [0.05, 0.1) is 0 Å². The zero-order valence-corrected chi connectivity index (χ0v) is 16.3. The average molecular weight is 431 g/mol.